The molecule has 4 heteroatoms. The summed E-state index contributed by atoms with van der Waals surface area (Å²) < 4.78 is 7.31. The van der Waals surface area contributed by atoms with Gasteiger partial charge in [0.05, 0.1) is 5.60 Å². The fraction of sp³-hybridized carbons (Fsp3) is 0.500. The van der Waals surface area contributed by atoms with Crippen LogP contribution in [0, 0.1) is 5.92 Å². The van der Waals surface area contributed by atoms with Crippen molar-refractivity contribution in [1.29, 1.82) is 0 Å². The zero-order chi connectivity index (χ0) is 12.6. The summed E-state index contributed by atoms with van der Waals surface area (Å²) >= 11 is 0. The molecule has 4 nitrogen and oxygen atoms in total. The van der Waals surface area contributed by atoms with Crippen molar-refractivity contribution in [3.8, 4) is 0 Å². The standard InChI is InChI=1S/C14H18N2O2/c1-14(17,11-3-8-18-9-4-11)12-2-6-16-7-5-15-13(16)10-12/h2,5-7,10-11,17H,3-4,8-9H2,1H3. The lowest BCUT2D eigenvalue weighted by molar-refractivity contribution is -0.0579. The van der Waals surface area contributed by atoms with E-state index >= 15 is 0 Å². The van der Waals surface area contributed by atoms with Crippen LogP contribution in [0.1, 0.15) is 25.3 Å². The van der Waals surface area contributed by atoms with E-state index in [0.717, 1.165) is 37.3 Å². The van der Waals surface area contributed by atoms with Gasteiger partial charge in [0.1, 0.15) is 5.65 Å². The molecule has 0 saturated carbocycles. The van der Waals surface area contributed by atoms with Crippen molar-refractivity contribution in [3.05, 3.63) is 36.3 Å². The molecule has 1 aliphatic heterocycles. The van der Waals surface area contributed by atoms with E-state index in [9.17, 15) is 5.11 Å². The molecule has 0 bridgehead atoms. The van der Waals surface area contributed by atoms with Gasteiger partial charge in [-0.3, -0.25) is 0 Å². The molecule has 18 heavy (non-hydrogen) atoms. The van der Waals surface area contributed by atoms with E-state index in [-0.39, 0.29) is 5.92 Å². The summed E-state index contributed by atoms with van der Waals surface area (Å²) in [5.74, 6) is 0.253. The maximum atomic E-state index is 10.8. The Balaban J connectivity index is 1.95. The maximum absolute atomic E-state index is 10.8. The first-order valence-electron chi connectivity index (χ1n) is 6.41. The molecule has 1 atom stereocenters. The molecule has 3 rings (SSSR count). The van der Waals surface area contributed by atoms with Gasteiger partial charge in [0.2, 0.25) is 0 Å². The highest BCUT2D eigenvalue weighted by atomic mass is 16.5. The molecule has 2 aromatic heterocycles. The second kappa shape index (κ2) is 4.37. The summed E-state index contributed by atoms with van der Waals surface area (Å²) in [6.07, 6.45) is 7.44. The Morgan fingerprint density at radius 1 is 1.39 bits per heavy atom. The van der Waals surface area contributed by atoms with Gasteiger partial charge in [-0.25, -0.2) is 4.98 Å². The van der Waals surface area contributed by atoms with E-state index in [2.05, 4.69) is 4.98 Å². The topological polar surface area (TPSA) is 46.8 Å². The van der Waals surface area contributed by atoms with Crippen LogP contribution in [0.4, 0.5) is 0 Å². The Kier molecular flexibility index (Phi) is 2.84. The molecule has 1 fully saturated rings. The highest BCUT2D eigenvalue weighted by Gasteiger charge is 2.34. The zero-order valence-electron chi connectivity index (χ0n) is 10.5. The number of rotatable bonds is 2. The van der Waals surface area contributed by atoms with Gasteiger partial charge in [0.25, 0.3) is 0 Å². The quantitative estimate of drug-likeness (QED) is 0.881. The number of fused-ring (bicyclic) bond motifs is 1. The lowest BCUT2D eigenvalue weighted by Crippen LogP contribution is -2.35. The van der Waals surface area contributed by atoms with Crippen molar-refractivity contribution in [3.63, 3.8) is 0 Å². The summed E-state index contributed by atoms with van der Waals surface area (Å²) in [5.41, 5.74) is 1.00. The maximum Gasteiger partial charge on any atom is 0.137 e. The molecule has 0 amide bonds. The van der Waals surface area contributed by atoms with E-state index in [1.54, 1.807) is 6.20 Å². The predicted octanol–water partition coefficient (Wildman–Crippen LogP) is 1.97. The van der Waals surface area contributed by atoms with Gasteiger partial charge in [-0.1, -0.05) is 0 Å². The molecule has 1 aliphatic rings. The van der Waals surface area contributed by atoms with Crippen molar-refractivity contribution >= 4 is 5.65 Å². The van der Waals surface area contributed by atoms with Gasteiger partial charge >= 0.3 is 0 Å². The van der Waals surface area contributed by atoms with E-state index in [1.807, 2.05) is 35.9 Å². The van der Waals surface area contributed by atoms with Gasteiger partial charge in [-0.05, 0) is 43.4 Å². The molecule has 0 aliphatic carbocycles. The van der Waals surface area contributed by atoms with Crippen molar-refractivity contribution < 1.29 is 9.84 Å². The van der Waals surface area contributed by atoms with Gasteiger partial charge < -0.3 is 14.2 Å². The summed E-state index contributed by atoms with van der Waals surface area (Å²) in [7, 11) is 0. The van der Waals surface area contributed by atoms with Crippen molar-refractivity contribution in [1.82, 2.24) is 9.38 Å². The average molecular weight is 246 g/mol. The number of nitrogens with zero attached hydrogens (tertiary/aromatic N) is 2. The van der Waals surface area contributed by atoms with Crippen LogP contribution in [0.3, 0.4) is 0 Å². The molecular weight excluding hydrogens is 228 g/mol. The van der Waals surface area contributed by atoms with Crippen molar-refractivity contribution in [2.45, 2.75) is 25.4 Å². The SMILES string of the molecule is CC(O)(c1ccn2ccnc2c1)C1CCOCC1. The third-order valence-corrected chi connectivity index (χ3v) is 4.00. The van der Waals surface area contributed by atoms with Gasteiger partial charge in [-0.2, -0.15) is 0 Å². The largest absolute Gasteiger partial charge is 0.385 e. The first-order chi connectivity index (χ1) is 8.68. The van der Waals surface area contributed by atoms with E-state index in [4.69, 9.17) is 4.74 Å². The smallest absolute Gasteiger partial charge is 0.137 e. The predicted molar refractivity (Wildman–Crippen MR) is 68.3 cm³/mol. The van der Waals surface area contributed by atoms with E-state index < -0.39 is 5.60 Å². The highest BCUT2D eigenvalue weighted by molar-refractivity contribution is 5.43. The van der Waals surface area contributed by atoms with Crippen LogP contribution in [-0.4, -0.2) is 27.7 Å². The number of aliphatic hydroxyl groups is 1. The third kappa shape index (κ3) is 1.91. The molecule has 3 heterocycles. The summed E-state index contributed by atoms with van der Waals surface area (Å²) in [6.45, 7) is 3.39. The number of hydrogen-bond acceptors (Lipinski definition) is 3. The number of hydrogen-bond donors (Lipinski definition) is 1. The Morgan fingerprint density at radius 3 is 2.94 bits per heavy atom. The van der Waals surface area contributed by atoms with Crippen molar-refractivity contribution in [2.24, 2.45) is 5.92 Å². The van der Waals surface area contributed by atoms with Crippen LogP contribution in [0.15, 0.2) is 30.7 Å². The second-order valence-corrected chi connectivity index (χ2v) is 5.14. The summed E-state index contributed by atoms with van der Waals surface area (Å²) in [6, 6.07) is 3.94. The molecule has 1 N–H and O–H groups in total. The Hall–Kier alpha value is -1.39. The fourth-order valence-corrected chi connectivity index (χ4v) is 2.72. The van der Waals surface area contributed by atoms with Crippen LogP contribution >= 0.6 is 0 Å². The minimum absolute atomic E-state index is 0.253. The number of imidazole rings is 1. The first kappa shape index (κ1) is 11.7. The van der Waals surface area contributed by atoms with E-state index in [0.29, 0.717) is 0 Å². The van der Waals surface area contributed by atoms with Gasteiger partial charge in [-0.15, -0.1) is 0 Å². The number of pyridine rings is 1. The van der Waals surface area contributed by atoms with Crippen LogP contribution in [-0.2, 0) is 10.3 Å². The third-order valence-electron chi connectivity index (χ3n) is 4.00. The second-order valence-electron chi connectivity index (χ2n) is 5.14. The molecule has 0 radical (unpaired) electrons. The molecule has 96 valence electrons. The van der Waals surface area contributed by atoms with Crippen LogP contribution < -0.4 is 0 Å². The minimum Gasteiger partial charge on any atom is -0.385 e. The minimum atomic E-state index is -0.808. The average Bonchev–Trinajstić information content (AvgIpc) is 2.87. The summed E-state index contributed by atoms with van der Waals surface area (Å²) in [4.78, 5) is 4.27. The van der Waals surface area contributed by atoms with Crippen LogP contribution in [0.25, 0.3) is 5.65 Å². The molecule has 2 aromatic rings. The fourth-order valence-electron chi connectivity index (χ4n) is 2.72. The molecule has 1 saturated heterocycles. The molecule has 0 spiro atoms. The first-order valence-corrected chi connectivity index (χ1v) is 6.41. The monoisotopic (exact) mass is 246 g/mol. The molecular formula is C14H18N2O2. The number of aromatic nitrogens is 2. The number of ether oxygens (including phenoxy) is 1. The lowest BCUT2D eigenvalue weighted by Gasteiger charge is -2.35. The van der Waals surface area contributed by atoms with Crippen LogP contribution in [0.2, 0.25) is 0 Å². The highest BCUT2D eigenvalue weighted by Crippen LogP contribution is 2.35. The van der Waals surface area contributed by atoms with E-state index in [1.165, 1.54) is 0 Å². The Bertz CT molecular complexity index is 541. The normalized spacial score (nSPS) is 21.0. The Morgan fingerprint density at radius 2 is 2.17 bits per heavy atom. The lowest BCUT2D eigenvalue weighted by atomic mass is 9.79. The van der Waals surface area contributed by atoms with Gasteiger partial charge in [0, 0.05) is 31.8 Å². The molecule has 0 aromatic carbocycles. The van der Waals surface area contributed by atoms with Crippen molar-refractivity contribution in [2.75, 3.05) is 13.2 Å². The zero-order valence-corrected chi connectivity index (χ0v) is 10.5. The van der Waals surface area contributed by atoms with Crippen LogP contribution in [0.5, 0.6) is 0 Å². The Labute approximate surface area is 106 Å². The molecule has 1 unspecified atom stereocenters. The summed E-state index contributed by atoms with van der Waals surface area (Å²) in [5, 5.41) is 10.8. The van der Waals surface area contributed by atoms with Gasteiger partial charge in [0.15, 0.2) is 0 Å².